The van der Waals surface area contributed by atoms with Crippen LogP contribution in [-0.2, 0) is 4.79 Å². The number of halogens is 1. The van der Waals surface area contributed by atoms with Crippen LogP contribution in [0.25, 0.3) is 0 Å². The molecule has 1 aliphatic rings. The van der Waals surface area contributed by atoms with Crippen molar-refractivity contribution in [3.8, 4) is 0 Å². The molecule has 1 fully saturated rings. The van der Waals surface area contributed by atoms with E-state index in [1.807, 2.05) is 5.32 Å². The number of carbonyl (C=O) groups is 2. The Morgan fingerprint density at radius 2 is 2.07 bits per heavy atom. The van der Waals surface area contributed by atoms with Crippen LogP contribution in [0, 0.1) is 0 Å². The zero-order valence-electron chi connectivity index (χ0n) is 7.24. The molecule has 0 aromatic rings. The van der Waals surface area contributed by atoms with Crippen molar-refractivity contribution in [1.29, 1.82) is 0 Å². The van der Waals surface area contributed by atoms with Gasteiger partial charge in [-0.05, 0) is 0 Å². The van der Waals surface area contributed by atoms with Crippen LogP contribution in [0.15, 0.2) is 0 Å². The van der Waals surface area contributed by atoms with E-state index >= 15 is 0 Å². The summed E-state index contributed by atoms with van der Waals surface area (Å²) < 4.78 is 12.6. The number of rotatable bonds is 3. The van der Waals surface area contributed by atoms with Crippen LogP contribution in [0.5, 0.6) is 0 Å². The second-order valence-electron chi connectivity index (χ2n) is 3.40. The lowest BCUT2D eigenvalue weighted by atomic mass is 9.71. The Kier molecular flexibility index (Phi) is 2.61. The Hall–Kier alpha value is -1.37. The molecule has 1 atom stereocenters. The predicted molar refractivity (Wildman–Crippen MR) is 43.2 cm³/mol. The summed E-state index contributed by atoms with van der Waals surface area (Å²) in [6.45, 7) is 0. The molecule has 1 saturated carbocycles. The maximum absolute atomic E-state index is 12.6. The van der Waals surface area contributed by atoms with E-state index in [1.165, 1.54) is 0 Å². The normalized spacial score (nSPS) is 32.9. The predicted octanol–water partition coefficient (Wildman–Crippen LogP) is -1.03. The Labute approximate surface area is 78.9 Å². The lowest BCUT2D eigenvalue weighted by Crippen LogP contribution is -2.67. The number of carboxylic acid groups (broad SMARTS) is 1. The van der Waals surface area contributed by atoms with Gasteiger partial charge in [-0.25, -0.2) is 9.18 Å². The second-order valence-corrected chi connectivity index (χ2v) is 3.40. The Balaban J connectivity index is 2.73. The van der Waals surface area contributed by atoms with E-state index in [0.29, 0.717) is 0 Å². The van der Waals surface area contributed by atoms with Crippen molar-refractivity contribution in [2.24, 2.45) is 5.73 Å². The molecule has 0 radical (unpaired) electrons. The third-order valence-electron chi connectivity index (χ3n) is 2.32. The molecule has 0 aromatic heterocycles. The summed E-state index contributed by atoms with van der Waals surface area (Å²) in [4.78, 5) is 21.0. The van der Waals surface area contributed by atoms with E-state index in [9.17, 15) is 19.1 Å². The van der Waals surface area contributed by atoms with E-state index in [1.54, 1.807) is 0 Å². The Bertz CT molecular complexity index is 264. The molecule has 1 aliphatic carbocycles. The van der Waals surface area contributed by atoms with E-state index < -0.39 is 29.8 Å². The van der Waals surface area contributed by atoms with Gasteiger partial charge in [-0.3, -0.25) is 4.79 Å². The molecular weight excluding hydrogens is 195 g/mol. The molecule has 0 bridgehead atoms. The van der Waals surface area contributed by atoms with E-state index in [2.05, 4.69) is 0 Å². The lowest BCUT2D eigenvalue weighted by molar-refractivity contribution is -0.135. The molecule has 1 rings (SSSR count). The first-order valence-corrected chi connectivity index (χ1v) is 4.00. The summed E-state index contributed by atoms with van der Waals surface area (Å²) >= 11 is 0. The van der Waals surface area contributed by atoms with Crippen molar-refractivity contribution < 1.29 is 24.2 Å². The maximum Gasteiger partial charge on any atom is 0.405 e. The van der Waals surface area contributed by atoms with Crippen molar-refractivity contribution in [3.05, 3.63) is 0 Å². The van der Waals surface area contributed by atoms with Gasteiger partial charge < -0.3 is 21.3 Å². The average Bonchev–Trinajstić information content (AvgIpc) is 1.98. The van der Waals surface area contributed by atoms with Gasteiger partial charge in [0.2, 0.25) is 5.91 Å². The molecule has 14 heavy (non-hydrogen) atoms. The molecule has 1 unspecified atom stereocenters. The number of aliphatic hydroxyl groups excluding tert-OH is 1. The highest BCUT2D eigenvalue weighted by Crippen LogP contribution is 2.37. The number of hydrogen-bond acceptors (Lipinski definition) is 3. The lowest BCUT2D eigenvalue weighted by Gasteiger charge is -2.45. The molecule has 0 spiro atoms. The van der Waals surface area contributed by atoms with Gasteiger partial charge in [-0.15, -0.1) is 0 Å². The van der Waals surface area contributed by atoms with Gasteiger partial charge in [0.05, 0.1) is 5.54 Å². The van der Waals surface area contributed by atoms with Crippen molar-refractivity contribution in [2.45, 2.75) is 30.7 Å². The number of nitrogens with two attached hydrogens (primary N) is 1. The first-order chi connectivity index (χ1) is 6.37. The highest BCUT2D eigenvalue weighted by molar-refractivity contribution is 5.81. The number of primary amides is 1. The molecule has 0 saturated heterocycles. The molecule has 6 nitrogen and oxygen atoms in total. The highest BCUT2D eigenvalue weighted by atomic mass is 19.1. The average molecular weight is 206 g/mol. The fourth-order valence-corrected chi connectivity index (χ4v) is 1.61. The van der Waals surface area contributed by atoms with Gasteiger partial charge in [0.25, 0.3) is 0 Å². The van der Waals surface area contributed by atoms with Crippen molar-refractivity contribution in [2.75, 3.05) is 0 Å². The van der Waals surface area contributed by atoms with Crippen molar-refractivity contribution in [1.82, 2.24) is 5.32 Å². The number of nitrogens with one attached hydrogen (secondary N) is 1. The molecule has 0 aromatic carbocycles. The minimum Gasteiger partial charge on any atom is -0.465 e. The number of alkyl halides is 1. The first kappa shape index (κ1) is 10.7. The van der Waals surface area contributed by atoms with Crippen molar-refractivity contribution in [3.63, 3.8) is 0 Å². The summed E-state index contributed by atoms with van der Waals surface area (Å²) in [6.07, 6.45) is -4.79. The maximum atomic E-state index is 12.6. The Morgan fingerprint density at radius 3 is 2.36 bits per heavy atom. The summed E-state index contributed by atoms with van der Waals surface area (Å²) in [5.41, 5.74) is 3.36. The summed E-state index contributed by atoms with van der Waals surface area (Å²) in [6, 6.07) is 0. The smallest absolute Gasteiger partial charge is 0.405 e. The zero-order valence-corrected chi connectivity index (χ0v) is 7.24. The van der Waals surface area contributed by atoms with Gasteiger partial charge >= 0.3 is 6.09 Å². The summed E-state index contributed by atoms with van der Waals surface area (Å²) in [5, 5.41) is 19.7. The van der Waals surface area contributed by atoms with E-state index in [0.717, 1.165) is 0 Å². The third-order valence-corrected chi connectivity index (χ3v) is 2.32. The van der Waals surface area contributed by atoms with Crippen LogP contribution in [0.2, 0.25) is 0 Å². The number of amides is 2. The molecule has 2 amide bonds. The molecule has 80 valence electrons. The number of aliphatic hydroxyl groups is 1. The fourth-order valence-electron chi connectivity index (χ4n) is 1.61. The van der Waals surface area contributed by atoms with Crippen LogP contribution in [-0.4, -0.2) is 40.0 Å². The number of carbonyl (C=O) groups excluding carboxylic acids is 1. The van der Waals surface area contributed by atoms with Crippen LogP contribution in [0.1, 0.15) is 12.8 Å². The first-order valence-electron chi connectivity index (χ1n) is 4.00. The quantitative estimate of drug-likeness (QED) is 0.473. The summed E-state index contributed by atoms with van der Waals surface area (Å²) in [7, 11) is 0. The zero-order chi connectivity index (χ0) is 10.9. The SMILES string of the molecule is NC(=O)C(O)C1(NC(=O)O)CC(F)C1. The molecule has 0 heterocycles. The van der Waals surface area contributed by atoms with Gasteiger partial charge in [-0.1, -0.05) is 0 Å². The molecule has 7 heteroatoms. The standard InChI is InChI=1S/C7H11FN2O4/c8-3-1-7(2-3,10-6(13)14)4(11)5(9)12/h3-4,10-11H,1-2H2,(H2,9,12)(H,13,14). The van der Waals surface area contributed by atoms with E-state index in [-0.39, 0.29) is 12.8 Å². The minimum absolute atomic E-state index is 0.233. The Morgan fingerprint density at radius 1 is 1.57 bits per heavy atom. The minimum atomic E-state index is -1.69. The van der Waals surface area contributed by atoms with Crippen LogP contribution >= 0.6 is 0 Å². The fraction of sp³-hybridized carbons (Fsp3) is 0.714. The van der Waals surface area contributed by atoms with Crippen LogP contribution in [0.4, 0.5) is 9.18 Å². The van der Waals surface area contributed by atoms with Crippen molar-refractivity contribution >= 4 is 12.0 Å². The monoisotopic (exact) mass is 206 g/mol. The highest BCUT2D eigenvalue weighted by Gasteiger charge is 2.53. The topological polar surface area (TPSA) is 113 Å². The molecular formula is C7H11FN2O4. The molecule has 0 aliphatic heterocycles. The largest absolute Gasteiger partial charge is 0.465 e. The van der Waals surface area contributed by atoms with Gasteiger partial charge in [0, 0.05) is 12.8 Å². The van der Waals surface area contributed by atoms with E-state index in [4.69, 9.17) is 10.8 Å². The van der Waals surface area contributed by atoms with Crippen LogP contribution in [0.3, 0.4) is 0 Å². The summed E-state index contributed by atoms with van der Waals surface area (Å²) in [5.74, 6) is -1.06. The molecule has 5 N–H and O–H groups in total. The second kappa shape index (κ2) is 3.41. The van der Waals surface area contributed by atoms with Gasteiger partial charge in [0.1, 0.15) is 6.17 Å². The van der Waals surface area contributed by atoms with Gasteiger partial charge in [0.15, 0.2) is 6.10 Å². The van der Waals surface area contributed by atoms with Crippen LogP contribution < -0.4 is 11.1 Å². The third kappa shape index (κ3) is 1.77. The van der Waals surface area contributed by atoms with Gasteiger partial charge in [-0.2, -0.15) is 0 Å². The number of hydrogen-bond donors (Lipinski definition) is 4.